The van der Waals surface area contributed by atoms with Crippen molar-refractivity contribution in [3.8, 4) is 0 Å². The second kappa shape index (κ2) is 8.41. The number of nitrogens with two attached hydrogens (primary N) is 1. The van der Waals surface area contributed by atoms with Gasteiger partial charge in [0, 0.05) is 10.9 Å². The quantitative estimate of drug-likeness (QED) is 0.637. The number of nitrogens with zero attached hydrogens (tertiary/aromatic N) is 2. The van der Waals surface area contributed by atoms with Gasteiger partial charge in [-0.05, 0) is 63.3 Å². The summed E-state index contributed by atoms with van der Waals surface area (Å²) in [5.74, 6) is -0.815. The van der Waals surface area contributed by atoms with Gasteiger partial charge in [-0.25, -0.2) is 0 Å². The highest BCUT2D eigenvalue weighted by Crippen LogP contribution is 2.25. The molecule has 2 amide bonds. The minimum Gasteiger partial charge on any atom is -0.393 e. The van der Waals surface area contributed by atoms with Crippen molar-refractivity contribution in [2.75, 3.05) is 0 Å². The fourth-order valence-electron chi connectivity index (χ4n) is 4.08. The third kappa shape index (κ3) is 4.40. The molecule has 1 aliphatic rings. The number of primary amides is 1. The van der Waals surface area contributed by atoms with E-state index in [0.717, 1.165) is 42.1 Å². The maximum atomic E-state index is 13.2. The Balaban J connectivity index is 1.61. The topological polar surface area (TPSA) is 99.2 Å². The highest BCUT2D eigenvalue weighted by atomic mass is 16.7. The van der Waals surface area contributed by atoms with Crippen LogP contribution in [0.1, 0.15) is 72.4 Å². The van der Waals surface area contributed by atoms with Crippen molar-refractivity contribution >= 4 is 22.7 Å². The molecular weight excluding hydrogens is 392 g/mol. The van der Waals surface area contributed by atoms with Gasteiger partial charge in [-0.15, -0.1) is 5.10 Å². The Bertz CT molecular complexity index is 1110. The molecule has 0 bridgehead atoms. The third-order valence-corrected chi connectivity index (χ3v) is 5.87. The van der Waals surface area contributed by atoms with Gasteiger partial charge in [0.25, 0.3) is 5.91 Å². The molecular formula is C24H28N4O3. The van der Waals surface area contributed by atoms with E-state index in [1.807, 2.05) is 44.2 Å². The van der Waals surface area contributed by atoms with Crippen molar-refractivity contribution in [1.29, 1.82) is 0 Å². The number of rotatable bonds is 6. The Morgan fingerprint density at radius 2 is 1.84 bits per heavy atom. The van der Waals surface area contributed by atoms with Crippen LogP contribution in [0, 0.1) is 0 Å². The smallest absolute Gasteiger partial charge is 0.273 e. The van der Waals surface area contributed by atoms with Crippen LogP contribution in [0.15, 0.2) is 48.5 Å². The van der Waals surface area contributed by atoms with Crippen molar-refractivity contribution in [1.82, 2.24) is 15.3 Å². The van der Waals surface area contributed by atoms with E-state index in [1.54, 1.807) is 18.2 Å². The zero-order valence-electron chi connectivity index (χ0n) is 17.9. The molecule has 0 radical (unpaired) electrons. The van der Waals surface area contributed by atoms with E-state index in [0.29, 0.717) is 11.3 Å². The first-order valence-corrected chi connectivity index (χ1v) is 10.7. The van der Waals surface area contributed by atoms with E-state index in [1.165, 1.54) is 11.3 Å². The summed E-state index contributed by atoms with van der Waals surface area (Å²) in [6.45, 7) is 3.76. The highest BCUT2D eigenvalue weighted by molar-refractivity contribution is 6.05. The number of hydrogen-bond donors (Lipinski definition) is 2. The van der Waals surface area contributed by atoms with Gasteiger partial charge in [-0.3, -0.25) is 9.59 Å². The van der Waals surface area contributed by atoms with Crippen LogP contribution >= 0.6 is 0 Å². The van der Waals surface area contributed by atoms with Crippen molar-refractivity contribution in [2.45, 2.75) is 57.6 Å². The number of hydrogen-bond acceptors (Lipinski definition) is 4. The van der Waals surface area contributed by atoms with E-state index in [2.05, 4.69) is 10.4 Å². The third-order valence-electron chi connectivity index (χ3n) is 5.87. The predicted molar refractivity (Wildman–Crippen MR) is 119 cm³/mol. The SMILES string of the molecule is CC(C)(NC(=O)c1nn(OC2CCCCC2)c2ccccc12)c1cccc(C(N)=O)c1. The lowest BCUT2D eigenvalue weighted by Gasteiger charge is -2.27. The van der Waals surface area contributed by atoms with Gasteiger partial charge in [-0.2, -0.15) is 0 Å². The van der Waals surface area contributed by atoms with Crippen LogP contribution in [-0.2, 0) is 5.54 Å². The molecule has 1 aliphatic carbocycles. The lowest BCUT2D eigenvalue weighted by atomic mass is 9.92. The standard InChI is InChI=1S/C24H28N4O3/c1-24(2,17-10-8-9-16(15-17)22(25)29)26-23(30)21-19-13-6-7-14-20(19)28(27-21)31-18-11-4-3-5-12-18/h6-10,13-15,18H,3-5,11-12H2,1-2H3,(H2,25,29)(H,26,30). The molecule has 0 atom stereocenters. The molecule has 0 unspecified atom stereocenters. The average Bonchev–Trinajstić information content (AvgIpc) is 3.13. The fraction of sp³-hybridized carbons (Fsp3) is 0.375. The average molecular weight is 421 g/mol. The molecule has 0 spiro atoms. The number of benzene rings is 2. The Kier molecular flexibility index (Phi) is 5.67. The molecule has 3 aromatic rings. The molecule has 2 aromatic carbocycles. The molecule has 1 saturated carbocycles. The molecule has 7 nitrogen and oxygen atoms in total. The van der Waals surface area contributed by atoms with Crippen molar-refractivity contribution in [2.24, 2.45) is 5.73 Å². The van der Waals surface area contributed by atoms with Crippen LogP contribution in [-0.4, -0.2) is 27.9 Å². The number of aromatic nitrogens is 2. The molecule has 1 heterocycles. The molecule has 1 fully saturated rings. The summed E-state index contributed by atoms with van der Waals surface area (Å²) < 4.78 is 0. The molecule has 0 aliphatic heterocycles. The van der Waals surface area contributed by atoms with Crippen LogP contribution in [0.3, 0.4) is 0 Å². The van der Waals surface area contributed by atoms with E-state index in [9.17, 15) is 9.59 Å². The summed E-state index contributed by atoms with van der Waals surface area (Å²) >= 11 is 0. The van der Waals surface area contributed by atoms with E-state index in [4.69, 9.17) is 10.6 Å². The summed E-state index contributed by atoms with van der Waals surface area (Å²) in [6.07, 6.45) is 5.64. The molecule has 0 saturated heterocycles. The van der Waals surface area contributed by atoms with E-state index < -0.39 is 11.4 Å². The minimum atomic E-state index is -0.738. The molecule has 31 heavy (non-hydrogen) atoms. The molecule has 7 heteroatoms. The summed E-state index contributed by atoms with van der Waals surface area (Å²) in [7, 11) is 0. The second-order valence-corrected chi connectivity index (χ2v) is 8.63. The van der Waals surface area contributed by atoms with Gasteiger partial charge in [0.15, 0.2) is 5.69 Å². The van der Waals surface area contributed by atoms with Gasteiger partial charge < -0.3 is 15.9 Å². The maximum absolute atomic E-state index is 13.2. The Morgan fingerprint density at radius 3 is 2.58 bits per heavy atom. The van der Waals surface area contributed by atoms with E-state index in [-0.39, 0.29) is 12.0 Å². The molecule has 3 N–H and O–H groups in total. The summed E-state index contributed by atoms with van der Waals surface area (Å²) in [6, 6.07) is 14.5. The fourth-order valence-corrected chi connectivity index (χ4v) is 4.08. The summed E-state index contributed by atoms with van der Waals surface area (Å²) in [5.41, 5.74) is 6.93. The van der Waals surface area contributed by atoms with Gasteiger partial charge >= 0.3 is 0 Å². The Labute approximate surface area is 181 Å². The highest BCUT2D eigenvalue weighted by Gasteiger charge is 2.28. The number of amides is 2. The van der Waals surface area contributed by atoms with Crippen LogP contribution in [0.25, 0.3) is 10.9 Å². The second-order valence-electron chi connectivity index (χ2n) is 8.63. The normalized spacial score (nSPS) is 15.0. The largest absolute Gasteiger partial charge is 0.393 e. The molecule has 162 valence electrons. The van der Waals surface area contributed by atoms with Gasteiger partial charge in [0.05, 0.1) is 5.54 Å². The first kappa shape index (κ1) is 20.9. The number of para-hydroxylation sites is 1. The summed E-state index contributed by atoms with van der Waals surface area (Å²) in [4.78, 5) is 32.4. The van der Waals surface area contributed by atoms with Crippen LogP contribution in [0.2, 0.25) is 0 Å². The van der Waals surface area contributed by atoms with Crippen LogP contribution < -0.4 is 15.9 Å². The minimum absolute atomic E-state index is 0.112. The number of carbonyl (C=O) groups is 2. The first-order chi connectivity index (χ1) is 14.8. The number of fused-ring (bicyclic) bond motifs is 1. The predicted octanol–water partition coefficient (Wildman–Crippen LogP) is 3.56. The maximum Gasteiger partial charge on any atom is 0.273 e. The van der Waals surface area contributed by atoms with Crippen molar-refractivity contribution in [3.63, 3.8) is 0 Å². The number of nitrogens with one attached hydrogen (secondary N) is 1. The number of carbonyl (C=O) groups excluding carboxylic acids is 2. The van der Waals surface area contributed by atoms with E-state index >= 15 is 0 Å². The lowest BCUT2D eigenvalue weighted by molar-refractivity contribution is 0.00198. The molecule has 4 rings (SSSR count). The first-order valence-electron chi connectivity index (χ1n) is 10.7. The van der Waals surface area contributed by atoms with Gasteiger partial charge in [0.2, 0.25) is 5.91 Å². The van der Waals surface area contributed by atoms with Crippen LogP contribution in [0.5, 0.6) is 0 Å². The molecule has 1 aromatic heterocycles. The monoisotopic (exact) mass is 420 g/mol. The zero-order valence-corrected chi connectivity index (χ0v) is 17.9. The van der Waals surface area contributed by atoms with Crippen molar-refractivity contribution < 1.29 is 14.4 Å². The van der Waals surface area contributed by atoms with Gasteiger partial charge in [0.1, 0.15) is 11.6 Å². The van der Waals surface area contributed by atoms with Crippen LogP contribution in [0.4, 0.5) is 0 Å². The Hall–Kier alpha value is -3.35. The summed E-state index contributed by atoms with van der Waals surface area (Å²) in [5, 5.41) is 8.29. The Morgan fingerprint density at radius 1 is 1.10 bits per heavy atom. The zero-order chi connectivity index (χ0) is 22.0. The van der Waals surface area contributed by atoms with Crippen molar-refractivity contribution in [3.05, 3.63) is 65.4 Å². The van der Waals surface area contributed by atoms with Gasteiger partial charge in [-0.1, -0.05) is 41.6 Å². The lowest BCUT2D eigenvalue weighted by Crippen LogP contribution is -2.41.